The number of pyridine rings is 1. The van der Waals surface area contributed by atoms with Gasteiger partial charge in [-0.3, -0.25) is 9.78 Å². The van der Waals surface area contributed by atoms with Crippen LogP contribution < -0.4 is 0 Å². The minimum atomic E-state index is -0.0522. The monoisotopic (exact) mass is 375 g/mol. The van der Waals surface area contributed by atoms with E-state index in [4.69, 9.17) is 10.1 Å². The molecule has 0 saturated carbocycles. The first kappa shape index (κ1) is 18.3. The number of hydrogen-bond acceptors (Lipinski definition) is 4. The van der Waals surface area contributed by atoms with Gasteiger partial charge < -0.3 is 4.90 Å². The zero-order chi connectivity index (χ0) is 19.5. The fraction of sp³-hybridized carbons (Fsp3) is 0.364. The maximum Gasteiger partial charge on any atom is 0.223 e. The molecule has 0 spiro atoms. The van der Waals surface area contributed by atoms with Crippen LogP contribution in [-0.4, -0.2) is 37.1 Å². The number of fused-ring (bicyclic) bond motifs is 1. The van der Waals surface area contributed by atoms with Gasteiger partial charge in [0.15, 0.2) is 11.6 Å². The van der Waals surface area contributed by atoms with E-state index >= 15 is 0 Å². The molecule has 1 aliphatic rings. The number of amides is 1. The molecule has 0 saturated heterocycles. The van der Waals surface area contributed by atoms with Crippen molar-refractivity contribution >= 4 is 5.91 Å². The molecule has 1 atom stereocenters. The maximum atomic E-state index is 13.0. The van der Waals surface area contributed by atoms with E-state index in [1.165, 1.54) is 0 Å². The van der Waals surface area contributed by atoms with Gasteiger partial charge in [0.05, 0.1) is 12.6 Å². The smallest absolute Gasteiger partial charge is 0.223 e. The molecular formula is C22H25N5O. The molecule has 0 bridgehead atoms. The topological polar surface area (TPSA) is 63.9 Å². The van der Waals surface area contributed by atoms with Crippen molar-refractivity contribution in [3.05, 3.63) is 66.2 Å². The molecule has 0 unspecified atom stereocenters. The number of rotatable bonds is 5. The number of carbonyl (C=O) groups is 1. The Morgan fingerprint density at radius 3 is 2.57 bits per heavy atom. The predicted octanol–water partition coefficient (Wildman–Crippen LogP) is 3.51. The van der Waals surface area contributed by atoms with Crippen LogP contribution in [0.2, 0.25) is 0 Å². The summed E-state index contributed by atoms with van der Waals surface area (Å²) in [6.07, 6.45) is 4.76. The molecule has 3 heterocycles. The van der Waals surface area contributed by atoms with Gasteiger partial charge in [0.1, 0.15) is 0 Å². The van der Waals surface area contributed by atoms with Crippen molar-refractivity contribution in [1.82, 2.24) is 24.6 Å². The standard InChI is InChI=1S/C22H25N5O/c1-16(2)20-22-24-21(18-6-4-3-5-7-18)25-27(22)15-14-26(20)19(28)9-8-17-10-12-23-13-11-17/h3-7,10-13,16,20H,8-9,14-15H2,1-2H3/t20-/m0/s1. The molecule has 0 radical (unpaired) electrons. The Hall–Kier alpha value is -3.02. The summed E-state index contributed by atoms with van der Waals surface area (Å²) in [5.74, 6) is 2.05. The van der Waals surface area contributed by atoms with Crippen molar-refractivity contribution in [3.63, 3.8) is 0 Å². The van der Waals surface area contributed by atoms with E-state index in [1.807, 2.05) is 52.0 Å². The van der Waals surface area contributed by atoms with Crippen LogP contribution in [-0.2, 0) is 17.8 Å². The zero-order valence-electron chi connectivity index (χ0n) is 16.3. The molecule has 0 N–H and O–H groups in total. The Morgan fingerprint density at radius 1 is 1.11 bits per heavy atom. The van der Waals surface area contributed by atoms with E-state index in [1.54, 1.807) is 12.4 Å². The third-order valence-electron chi connectivity index (χ3n) is 5.21. The van der Waals surface area contributed by atoms with Crippen molar-refractivity contribution < 1.29 is 4.79 Å². The van der Waals surface area contributed by atoms with Crippen LogP contribution in [0.5, 0.6) is 0 Å². The van der Waals surface area contributed by atoms with Crippen LogP contribution in [0.4, 0.5) is 0 Å². The molecule has 0 fully saturated rings. The molecule has 6 nitrogen and oxygen atoms in total. The van der Waals surface area contributed by atoms with Gasteiger partial charge >= 0.3 is 0 Å². The zero-order valence-corrected chi connectivity index (χ0v) is 16.3. The summed E-state index contributed by atoms with van der Waals surface area (Å²) in [4.78, 5) is 23.9. The number of aryl methyl sites for hydroxylation is 1. The number of aromatic nitrogens is 4. The van der Waals surface area contributed by atoms with Crippen LogP contribution in [0.15, 0.2) is 54.9 Å². The molecule has 144 valence electrons. The lowest BCUT2D eigenvalue weighted by atomic mass is 9.99. The van der Waals surface area contributed by atoms with E-state index in [2.05, 4.69) is 18.8 Å². The van der Waals surface area contributed by atoms with Gasteiger partial charge in [0.2, 0.25) is 5.91 Å². The van der Waals surface area contributed by atoms with Crippen molar-refractivity contribution in [2.75, 3.05) is 6.54 Å². The van der Waals surface area contributed by atoms with E-state index in [-0.39, 0.29) is 17.9 Å². The Bertz CT molecular complexity index is 936. The minimum Gasteiger partial charge on any atom is -0.330 e. The summed E-state index contributed by atoms with van der Waals surface area (Å²) in [7, 11) is 0. The van der Waals surface area contributed by atoms with Crippen molar-refractivity contribution in [3.8, 4) is 11.4 Å². The summed E-state index contributed by atoms with van der Waals surface area (Å²) in [5, 5.41) is 4.70. The molecule has 6 heteroatoms. The summed E-state index contributed by atoms with van der Waals surface area (Å²) in [5.41, 5.74) is 2.14. The molecule has 1 aliphatic heterocycles. The highest BCUT2D eigenvalue weighted by molar-refractivity contribution is 5.77. The molecule has 4 rings (SSSR count). The second kappa shape index (κ2) is 7.92. The van der Waals surface area contributed by atoms with E-state index < -0.39 is 0 Å². The lowest BCUT2D eigenvalue weighted by Gasteiger charge is -2.37. The number of benzene rings is 1. The molecule has 3 aromatic rings. The van der Waals surface area contributed by atoms with Crippen LogP contribution in [0, 0.1) is 5.92 Å². The quantitative estimate of drug-likeness (QED) is 0.684. The highest BCUT2D eigenvalue weighted by atomic mass is 16.2. The van der Waals surface area contributed by atoms with Crippen molar-refractivity contribution in [1.29, 1.82) is 0 Å². The summed E-state index contributed by atoms with van der Waals surface area (Å²) >= 11 is 0. The molecule has 2 aromatic heterocycles. The first-order chi connectivity index (χ1) is 13.6. The average molecular weight is 375 g/mol. The predicted molar refractivity (Wildman–Crippen MR) is 107 cm³/mol. The summed E-state index contributed by atoms with van der Waals surface area (Å²) in [6.45, 7) is 5.63. The van der Waals surface area contributed by atoms with Gasteiger partial charge in [-0.05, 0) is 30.0 Å². The first-order valence-corrected chi connectivity index (χ1v) is 9.82. The second-order valence-corrected chi connectivity index (χ2v) is 7.51. The van der Waals surface area contributed by atoms with Gasteiger partial charge in [0.25, 0.3) is 0 Å². The van der Waals surface area contributed by atoms with E-state index in [0.29, 0.717) is 19.5 Å². The fourth-order valence-corrected chi connectivity index (χ4v) is 3.81. The third kappa shape index (κ3) is 3.67. The van der Waals surface area contributed by atoms with Gasteiger partial charge in [-0.25, -0.2) is 9.67 Å². The maximum absolute atomic E-state index is 13.0. The fourth-order valence-electron chi connectivity index (χ4n) is 3.81. The van der Waals surface area contributed by atoms with Crippen molar-refractivity contribution in [2.45, 2.75) is 39.3 Å². The SMILES string of the molecule is CC(C)[C@H]1c2nc(-c3ccccc3)nn2CCN1C(=O)CCc1ccncc1. The van der Waals surface area contributed by atoms with Gasteiger partial charge in [0, 0.05) is 30.9 Å². The molecule has 28 heavy (non-hydrogen) atoms. The largest absolute Gasteiger partial charge is 0.330 e. The van der Waals surface area contributed by atoms with Gasteiger partial charge in [-0.1, -0.05) is 44.2 Å². The number of carbonyl (C=O) groups excluding carboxylic acids is 1. The highest BCUT2D eigenvalue weighted by Gasteiger charge is 2.35. The number of hydrogen-bond donors (Lipinski definition) is 0. The average Bonchev–Trinajstić information content (AvgIpc) is 3.16. The normalized spacial score (nSPS) is 16.2. The Balaban J connectivity index is 1.56. The van der Waals surface area contributed by atoms with E-state index in [0.717, 1.165) is 29.2 Å². The van der Waals surface area contributed by atoms with E-state index in [9.17, 15) is 4.79 Å². The van der Waals surface area contributed by atoms with Crippen LogP contribution in [0.3, 0.4) is 0 Å². The molecular weight excluding hydrogens is 350 g/mol. The molecule has 1 aromatic carbocycles. The highest BCUT2D eigenvalue weighted by Crippen LogP contribution is 2.32. The number of nitrogens with zero attached hydrogens (tertiary/aromatic N) is 5. The lowest BCUT2D eigenvalue weighted by molar-refractivity contribution is -0.136. The summed E-state index contributed by atoms with van der Waals surface area (Å²) < 4.78 is 1.97. The minimum absolute atomic E-state index is 0.0522. The van der Waals surface area contributed by atoms with Crippen molar-refractivity contribution in [2.24, 2.45) is 5.92 Å². The second-order valence-electron chi connectivity index (χ2n) is 7.51. The Morgan fingerprint density at radius 2 is 1.86 bits per heavy atom. The van der Waals surface area contributed by atoms with Crippen LogP contribution in [0.25, 0.3) is 11.4 Å². The Labute approximate surface area is 165 Å². The van der Waals surface area contributed by atoms with Crippen LogP contribution >= 0.6 is 0 Å². The van der Waals surface area contributed by atoms with Gasteiger partial charge in [-0.2, -0.15) is 5.10 Å². The lowest BCUT2D eigenvalue weighted by Crippen LogP contribution is -2.44. The molecule has 0 aliphatic carbocycles. The molecule has 1 amide bonds. The first-order valence-electron chi connectivity index (χ1n) is 9.82. The Kier molecular flexibility index (Phi) is 5.19. The third-order valence-corrected chi connectivity index (χ3v) is 5.21. The summed E-state index contributed by atoms with van der Waals surface area (Å²) in [6, 6.07) is 13.9. The van der Waals surface area contributed by atoms with Gasteiger partial charge in [-0.15, -0.1) is 0 Å². The van der Waals surface area contributed by atoms with Crippen LogP contribution in [0.1, 0.15) is 37.7 Å².